The lowest BCUT2D eigenvalue weighted by Gasteiger charge is -2.09. The van der Waals surface area contributed by atoms with Crippen molar-refractivity contribution in [3.63, 3.8) is 0 Å². The Bertz CT molecular complexity index is 593. The third-order valence-electron chi connectivity index (χ3n) is 2.55. The molecule has 2 rings (SSSR count). The van der Waals surface area contributed by atoms with Crippen molar-refractivity contribution in [1.29, 1.82) is 0 Å². The molecule has 0 aliphatic rings. The van der Waals surface area contributed by atoms with Crippen LogP contribution in [0.15, 0.2) is 47.1 Å². The number of nitrogens with one attached hydrogen (secondary N) is 1. The second-order valence-electron chi connectivity index (χ2n) is 4.01. The van der Waals surface area contributed by atoms with Crippen molar-refractivity contribution in [2.75, 3.05) is 6.61 Å². The average molecular weight is 274 g/mol. The van der Waals surface area contributed by atoms with Crippen LogP contribution in [0.25, 0.3) is 0 Å². The summed E-state index contributed by atoms with van der Waals surface area (Å²) in [7, 11) is 0. The number of primary amides is 1. The molecule has 104 valence electrons. The molecule has 3 N–H and O–H groups in total. The van der Waals surface area contributed by atoms with Crippen molar-refractivity contribution in [2.45, 2.75) is 6.54 Å². The molecular formula is C14H14N2O4. The van der Waals surface area contributed by atoms with Crippen LogP contribution in [0.1, 0.15) is 16.1 Å². The summed E-state index contributed by atoms with van der Waals surface area (Å²) in [6, 6.07) is 9.98. The van der Waals surface area contributed by atoms with Crippen LogP contribution in [-0.4, -0.2) is 18.4 Å². The van der Waals surface area contributed by atoms with Crippen LogP contribution in [0.5, 0.6) is 5.75 Å². The van der Waals surface area contributed by atoms with Gasteiger partial charge in [-0.05, 0) is 24.3 Å². The Morgan fingerprint density at radius 1 is 1.20 bits per heavy atom. The van der Waals surface area contributed by atoms with E-state index in [4.69, 9.17) is 14.9 Å². The lowest BCUT2D eigenvalue weighted by Crippen LogP contribution is -2.28. The van der Waals surface area contributed by atoms with Crippen LogP contribution in [0.2, 0.25) is 0 Å². The second kappa shape index (κ2) is 6.42. The molecule has 0 radical (unpaired) electrons. The number of furan rings is 1. The fraction of sp³-hybridized carbons (Fsp3) is 0.143. The van der Waals surface area contributed by atoms with E-state index < -0.39 is 5.91 Å². The summed E-state index contributed by atoms with van der Waals surface area (Å²) < 4.78 is 10.4. The summed E-state index contributed by atoms with van der Waals surface area (Å²) in [4.78, 5) is 22.8. The molecule has 1 heterocycles. The Balaban J connectivity index is 1.85. The van der Waals surface area contributed by atoms with E-state index in [0.29, 0.717) is 5.76 Å². The maximum Gasteiger partial charge on any atom is 0.258 e. The number of rotatable bonds is 6. The van der Waals surface area contributed by atoms with Crippen molar-refractivity contribution in [3.05, 3.63) is 54.0 Å². The number of carbonyl (C=O) groups is 2. The number of amides is 2. The Morgan fingerprint density at radius 3 is 2.70 bits per heavy atom. The number of para-hydroxylation sites is 1. The van der Waals surface area contributed by atoms with Gasteiger partial charge >= 0.3 is 0 Å². The second-order valence-corrected chi connectivity index (χ2v) is 4.01. The molecule has 0 unspecified atom stereocenters. The van der Waals surface area contributed by atoms with Crippen LogP contribution in [-0.2, 0) is 11.3 Å². The van der Waals surface area contributed by atoms with Gasteiger partial charge in [-0.2, -0.15) is 0 Å². The van der Waals surface area contributed by atoms with Crippen LogP contribution in [0, 0.1) is 0 Å². The third-order valence-corrected chi connectivity index (χ3v) is 2.55. The van der Waals surface area contributed by atoms with Crippen LogP contribution in [0.3, 0.4) is 0 Å². The van der Waals surface area contributed by atoms with E-state index in [-0.39, 0.29) is 30.4 Å². The van der Waals surface area contributed by atoms with E-state index in [1.807, 2.05) is 0 Å². The molecule has 2 aromatic rings. The summed E-state index contributed by atoms with van der Waals surface area (Å²) in [6.45, 7) is 0.0810. The van der Waals surface area contributed by atoms with Crippen LogP contribution < -0.4 is 15.8 Å². The number of nitrogens with two attached hydrogens (primary N) is 1. The first-order valence-corrected chi connectivity index (χ1v) is 5.97. The molecule has 2 amide bonds. The molecule has 0 aliphatic heterocycles. The predicted octanol–water partition coefficient (Wildman–Crippen LogP) is 1.07. The SMILES string of the molecule is NC(=O)c1ccccc1OCC(=O)NCc1ccco1. The zero-order chi connectivity index (χ0) is 14.4. The average Bonchev–Trinajstić information content (AvgIpc) is 2.96. The number of carbonyl (C=O) groups excluding carboxylic acids is 2. The molecule has 0 spiro atoms. The van der Waals surface area contributed by atoms with Crippen molar-refractivity contribution >= 4 is 11.8 Å². The maximum atomic E-state index is 11.6. The maximum absolute atomic E-state index is 11.6. The Hall–Kier alpha value is -2.76. The summed E-state index contributed by atoms with van der Waals surface area (Å²) in [6.07, 6.45) is 1.53. The first-order chi connectivity index (χ1) is 9.66. The van der Waals surface area contributed by atoms with Gasteiger partial charge < -0.3 is 20.2 Å². The molecule has 0 saturated heterocycles. The Kier molecular flexibility index (Phi) is 4.39. The largest absolute Gasteiger partial charge is 0.483 e. The van der Waals surface area contributed by atoms with Crippen molar-refractivity contribution in [1.82, 2.24) is 5.32 Å². The highest BCUT2D eigenvalue weighted by molar-refractivity contribution is 5.95. The lowest BCUT2D eigenvalue weighted by molar-refractivity contribution is -0.123. The Morgan fingerprint density at radius 2 is 2.00 bits per heavy atom. The molecule has 1 aromatic heterocycles. The smallest absolute Gasteiger partial charge is 0.258 e. The molecule has 6 heteroatoms. The summed E-state index contributed by atoms with van der Waals surface area (Å²) in [5, 5.41) is 2.63. The molecule has 20 heavy (non-hydrogen) atoms. The lowest BCUT2D eigenvalue weighted by atomic mass is 10.2. The van der Waals surface area contributed by atoms with E-state index in [1.165, 1.54) is 6.26 Å². The molecular weight excluding hydrogens is 260 g/mol. The predicted molar refractivity (Wildman–Crippen MR) is 71.0 cm³/mol. The van der Waals surface area contributed by atoms with Crippen molar-refractivity contribution in [2.24, 2.45) is 5.73 Å². The first kappa shape index (κ1) is 13.7. The normalized spacial score (nSPS) is 10.0. The van der Waals surface area contributed by atoms with Gasteiger partial charge in [-0.25, -0.2) is 0 Å². The van der Waals surface area contributed by atoms with Gasteiger partial charge in [0.25, 0.3) is 11.8 Å². The fourth-order valence-electron chi connectivity index (χ4n) is 1.59. The highest BCUT2D eigenvalue weighted by Gasteiger charge is 2.10. The monoisotopic (exact) mass is 274 g/mol. The van der Waals surface area contributed by atoms with Crippen molar-refractivity contribution in [3.8, 4) is 5.75 Å². The number of ether oxygens (including phenoxy) is 1. The highest BCUT2D eigenvalue weighted by Crippen LogP contribution is 2.16. The molecule has 6 nitrogen and oxygen atoms in total. The molecule has 0 bridgehead atoms. The van der Waals surface area contributed by atoms with Crippen LogP contribution in [0.4, 0.5) is 0 Å². The highest BCUT2D eigenvalue weighted by atomic mass is 16.5. The molecule has 0 atom stereocenters. The molecule has 1 aromatic carbocycles. The van der Waals surface area contributed by atoms with E-state index in [0.717, 1.165) is 0 Å². The number of hydrogen-bond acceptors (Lipinski definition) is 4. The molecule has 0 saturated carbocycles. The first-order valence-electron chi connectivity index (χ1n) is 5.97. The van der Waals surface area contributed by atoms with E-state index >= 15 is 0 Å². The number of benzene rings is 1. The standard InChI is InChI=1S/C14H14N2O4/c15-14(18)11-5-1-2-6-12(11)20-9-13(17)16-8-10-4-3-7-19-10/h1-7H,8-9H2,(H2,15,18)(H,16,17). The number of hydrogen-bond donors (Lipinski definition) is 2. The van der Waals surface area contributed by atoms with E-state index in [1.54, 1.807) is 36.4 Å². The van der Waals surface area contributed by atoms with Gasteiger partial charge in [-0.3, -0.25) is 9.59 Å². The van der Waals surface area contributed by atoms with Gasteiger partial charge in [-0.1, -0.05) is 12.1 Å². The van der Waals surface area contributed by atoms with Gasteiger partial charge in [0.2, 0.25) is 0 Å². The topological polar surface area (TPSA) is 94.6 Å². The summed E-state index contributed by atoms with van der Waals surface area (Å²) in [5.41, 5.74) is 5.45. The summed E-state index contributed by atoms with van der Waals surface area (Å²) in [5.74, 6) is 0.0151. The van der Waals surface area contributed by atoms with Crippen molar-refractivity contribution < 1.29 is 18.7 Å². The minimum Gasteiger partial charge on any atom is -0.483 e. The fourth-order valence-corrected chi connectivity index (χ4v) is 1.59. The molecule has 0 fully saturated rings. The van der Waals surface area contributed by atoms with Gasteiger partial charge in [0.15, 0.2) is 6.61 Å². The zero-order valence-corrected chi connectivity index (χ0v) is 10.7. The Labute approximate surface area is 115 Å². The summed E-state index contributed by atoms with van der Waals surface area (Å²) >= 11 is 0. The quantitative estimate of drug-likeness (QED) is 0.823. The van der Waals surface area contributed by atoms with E-state index in [9.17, 15) is 9.59 Å². The van der Waals surface area contributed by atoms with Gasteiger partial charge in [0, 0.05) is 0 Å². The van der Waals surface area contributed by atoms with Crippen LogP contribution >= 0.6 is 0 Å². The van der Waals surface area contributed by atoms with Gasteiger partial charge in [0.1, 0.15) is 11.5 Å². The third kappa shape index (κ3) is 3.61. The van der Waals surface area contributed by atoms with Gasteiger partial charge in [-0.15, -0.1) is 0 Å². The van der Waals surface area contributed by atoms with Gasteiger partial charge in [0.05, 0.1) is 18.4 Å². The van der Waals surface area contributed by atoms with E-state index in [2.05, 4.69) is 5.32 Å². The minimum atomic E-state index is -0.600. The minimum absolute atomic E-state index is 0.203. The molecule has 0 aliphatic carbocycles. The zero-order valence-electron chi connectivity index (χ0n) is 10.7.